The van der Waals surface area contributed by atoms with Gasteiger partial charge in [-0.1, -0.05) is 75.5 Å². The first kappa shape index (κ1) is 28.1. The highest BCUT2D eigenvalue weighted by molar-refractivity contribution is 9.10. The average Bonchev–Trinajstić information content (AvgIpc) is 2.91. The predicted octanol–water partition coefficient (Wildman–Crippen LogP) is 7.16. The normalized spacial score (nSPS) is 11.4. The van der Waals surface area contributed by atoms with Crippen LogP contribution in [0.3, 0.4) is 0 Å². The van der Waals surface area contributed by atoms with Gasteiger partial charge in [-0.05, 0) is 71.8 Å². The maximum atomic E-state index is 13.5. The van der Waals surface area contributed by atoms with Gasteiger partial charge in [-0.2, -0.15) is 4.31 Å². The van der Waals surface area contributed by atoms with Crippen LogP contribution in [-0.2, 0) is 28.0 Å². The van der Waals surface area contributed by atoms with E-state index in [9.17, 15) is 13.2 Å². The van der Waals surface area contributed by atoms with Crippen LogP contribution in [0.2, 0.25) is 10.0 Å². The minimum Gasteiger partial charge on any atom is -0.489 e. The molecule has 4 aromatic rings. The number of benzene rings is 4. The quantitative estimate of drug-likeness (QED) is 0.201. The van der Waals surface area contributed by atoms with E-state index in [1.807, 2.05) is 30.3 Å². The molecule has 38 heavy (non-hydrogen) atoms. The molecule has 0 aliphatic heterocycles. The third-order valence-electron chi connectivity index (χ3n) is 5.50. The molecule has 0 aliphatic carbocycles. The van der Waals surface area contributed by atoms with Crippen LogP contribution in [0.25, 0.3) is 0 Å². The van der Waals surface area contributed by atoms with Crippen molar-refractivity contribution >= 4 is 60.7 Å². The number of halogens is 3. The number of carbonyl (C=O) groups excluding carboxylic acids is 1. The Bertz CT molecular complexity index is 1500. The van der Waals surface area contributed by atoms with Crippen LogP contribution >= 0.6 is 39.1 Å². The summed E-state index contributed by atoms with van der Waals surface area (Å²) in [4.78, 5) is 13.0. The number of rotatable bonds is 10. The van der Waals surface area contributed by atoms with Crippen LogP contribution in [0, 0.1) is 0 Å². The van der Waals surface area contributed by atoms with Crippen molar-refractivity contribution in [2.45, 2.75) is 18.0 Å². The van der Waals surface area contributed by atoms with Crippen molar-refractivity contribution in [3.05, 3.63) is 123 Å². The highest BCUT2D eigenvalue weighted by Gasteiger charge is 2.27. The van der Waals surface area contributed by atoms with Gasteiger partial charge in [0.25, 0.3) is 0 Å². The number of hydrogen-bond acceptors (Lipinski definition) is 4. The van der Waals surface area contributed by atoms with E-state index in [1.165, 1.54) is 12.1 Å². The molecule has 196 valence electrons. The summed E-state index contributed by atoms with van der Waals surface area (Å²) < 4.78 is 34.6. The van der Waals surface area contributed by atoms with Crippen molar-refractivity contribution in [3.63, 3.8) is 0 Å². The van der Waals surface area contributed by atoms with Gasteiger partial charge in [-0.25, -0.2) is 8.42 Å². The Morgan fingerprint density at radius 3 is 2.18 bits per heavy atom. The van der Waals surface area contributed by atoms with Crippen molar-refractivity contribution < 1.29 is 17.9 Å². The number of sulfonamides is 1. The number of carbonyl (C=O) groups is 1. The van der Waals surface area contributed by atoms with Crippen molar-refractivity contribution in [1.29, 1.82) is 0 Å². The number of hydrogen-bond donors (Lipinski definition) is 1. The van der Waals surface area contributed by atoms with Gasteiger partial charge >= 0.3 is 0 Å². The first-order valence-corrected chi connectivity index (χ1v) is 14.5. The summed E-state index contributed by atoms with van der Waals surface area (Å²) in [7, 11) is -4.01. The molecule has 0 aliphatic rings. The standard InChI is InChI=1S/C28H23BrCl2N2O4S/c29-22-7-13-25(14-8-22)38(35,36)33(17-21-6-15-26(30)27(31)16-21)18-28(34)32-23-9-11-24(12-10-23)37-19-20-4-2-1-3-5-20/h1-16H,17-19H2,(H,32,34). The summed E-state index contributed by atoms with van der Waals surface area (Å²) in [6.45, 7) is -0.0655. The highest BCUT2D eigenvalue weighted by Crippen LogP contribution is 2.26. The number of nitrogens with one attached hydrogen (secondary N) is 1. The smallest absolute Gasteiger partial charge is 0.243 e. The van der Waals surface area contributed by atoms with Crippen LogP contribution < -0.4 is 10.1 Å². The van der Waals surface area contributed by atoms with Crippen LogP contribution in [0.15, 0.2) is 106 Å². The van der Waals surface area contributed by atoms with Crippen LogP contribution in [0.4, 0.5) is 5.69 Å². The van der Waals surface area contributed by atoms with Gasteiger partial charge in [0.15, 0.2) is 0 Å². The van der Waals surface area contributed by atoms with Crippen LogP contribution in [-0.4, -0.2) is 25.2 Å². The molecule has 0 unspecified atom stereocenters. The van der Waals surface area contributed by atoms with Gasteiger partial charge in [0.1, 0.15) is 12.4 Å². The number of ether oxygens (including phenoxy) is 1. The third kappa shape index (κ3) is 7.58. The minimum atomic E-state index is -4.01. The van der Waals surface area contributed by atoms with Crippen molar-refractivity contribution in [1.82, 2.24) is 4.31 Å². The Morgan fingerprint density at radius 1 is 0.842 bits per heavy atom. The predicted molar refractivity (Wildman–Crippen MR) is 154 cm³/mol. The van der Waals surface area contributed by atoms with E-state index in [4.69, 9.17) is 27.9 Å². The van der Waals surface area contributed by atoms with Gasteiger partial charge < -0.3 is 10.1 Å². The second-order valence-electron chi connectivity index (χ2n) is 8.32. The Kier molecular flexibility index (Phi) is 9.46. The molecule has 0 saturated heterocycles. The summed E-state index contributed by atoms with van der Waals surface area (Å²) in [5.41, 5.74) is 2.14. The zero-order valence-corrected chi connectivity index (χ0v) is 23.9. The molecular formula is C28H23BrCl2N2O4S. The van der Waals surface area contributed by atoms with Gasteiger partial charge in [0.05, 0.1) is 21.5 Å². The number of nitrogens with zero attached hydrogens (tertiary/aromatic N) is 1. The molecule has 1 N–H and O–H groups in total. The van der Waals surface area contributed by atoms with E-state index in [-0.39, 0.29) is 11.4 Å². The maximum Gasteiger partial charge on any atom is 0.243 e. The summed E-state index contributed by atoms with van der Waals surface area (Å²) in [5.74, 6) is 0.148. The zero-order valence-electron chi connectivity index (χ0n) is 20.0. The summed E-state index contributed by atoms with van der Waals surface area (Å²) in [5, 5.41) is 3.41. The Hall–Kier alpha value is -2.88. The molecule has 0 heterocycles. The van der Waals surface area contributed by atoms with E-state index < -0.39 is 22.5 Å². The number of anilines is 1. The molecule has 10 heteroatoms. The van der Waals surface area contributed by atoms with Gasteiger partial charge in [0.2, 0.25) is 15.9 Å². The van der Waals surface area contributed by atoms with Crippen molar-refractivity contribution in [2.75, 3.05) is 11.9 Å². The summed E-state index contributed by atoms with van der Waals surface area (Å²) in [6, 6.07) is 27.7. The molecule has 1 amide bonds. The maximum absolute atomic E-state index is 13.5. The SMILES string of the molecule is O=C(CN(Cc1ccc(Cl)c(Cl)c1)S(=O)(=O)c1ccc(Br)cc1)Nc1ccc(OCc2ccccc2)cc1. The lowest BCUT2D eigenvalue weighted by Crippen LogP contribution is -2.37. The fourth-order valence-corrected chi connectivity index (χ4v) is 5.53. The minimum absolute atomic E-state index is 0.0634. The first-order valence-electron chi connectivity index (χ1n) is 11.5. The Labute approximate surface area is 240 Å². The molecule has 0 bridgehead atoms. The monoisotopic (exact) mass is 632 g/mol. The van der Waals surface area contributed by atoms with Crippen molar-refractivity contribution in [2.24, 2.45) is 0 Å². The topological polar surface area (TPSA) is 75.7 Å². The fraction of sp³-hybridized carbons (Fsp3) is 0.107. The lowest BCUT2D eigenvalue weighted by atomic mass is 10.2. The largest absolute Gasteiger partial charge is 0.489 e. The van der Waals surface area contributed by atoms with E-state index >= 15 is 0 Å². The lowest BCUT2D eigenvalue weighted by Gasteiger charge is -2.22. The highest BCUT2D eigenvalue weighted by atomic mass is 79.9. The van der Waals surface area contributed by atoms with Gasteiger partial charge in [0, 0.05) is 16.7 Å². The Balaban J connectivity index is 1.47. The van der Waals surface area contributed by atoms with Crippen molar-refractivity contribution in [3.8, 4) is 5.75 Å². The summed E-state index contributed by atoms with van der Waals surface area (Å²) in [6.07, 6.45) is 0. The second-order valence-corrected chi connectivity index (χ2v) is 12.0. The molecule has 4 rings (SSSR count). The molecule has 6 nitrogen and oxygen atoms in total. The van der Waals surface area contributed by atoms with Gasteiger partial charge in [-0.15, -0.1) is 0 Å². The van der Waals surface area contributed by atoms with E-state index in [0.717, 1.165) is 14.3 Å². The zero-order chi connectivity index (χ0) is 27.1. The number of amides is 1. The Morgan fingerprint density at radius 2 is 1.53 bits per heavy atom. The van der Waals surface area contributed by atoms with E-state index in [2.05, 4.69) is 21.2 Å². The molecule has 0 atom stereocenters. The average molecular weight is 634 g/mol. The third-order valence-corrected chi connectivity index (χ3v) is 8.57. The molecule has 0 aromatic heterocycles. The second kappa shape index (κ2) is 12.8. The molecular weight excluding hydrogens is 611 g/mol. The van der Waals surface area contributed by atoms with E-state index in [1.54, 1.807) is 54.6 Å². The summed E-state index contributed by atoms with van der Waals surface area (Å²) >= 11 is 15.5. The molecule has 0 radical (unpaired) electrons. The lowest BCUT2D eigenvalue weighted by molar-refractivity contribution is -0.116. The molecule has 0 spiro atoms. The fourth-order valence-electron chi connectivity index (χ4n) is 3.56. The molecule has 4 aromatic carbocycles. The first-order chi connectivity index (χ1) is 18.2. The molecule has 0 fully saturated rings. The van der Waals surface area contributed by atoms with Crippen LogP contribution in [0.1, 0.15) is 11.1 Å². The molecule has 0 saturated carbocycles. The van der Waals surface area contributed by atoms with Gasteiger partial charge in [-0.3, -0.25) is 4.79 Å². The van der Waals surface area contributed by atoms with Crippen LogP contribution in [0.5, 0.6) is 5.75 Å². The van der Waals surface area contributed by atoms with E-state index in [0.29, 0.717) is 33.7 Å².